The van der Waals surface area contributed by atoms with Crippen molar-refractivity contribution in [3.05, 3.63) is 29.8 Å². The summed E-state index contributed by atoms with van der Waals surface area (Å²) in [4.78, 5) is 20.9. The molecule has 4 nitrogen and oxygen atoms in total. The second-order valence-corrected chi connectivity index (χ2v) is 13.1. The van der Waals surface area contributed by atoms with Crippen LogP contribution >= 0.6 is 7.60 Å². The van der Waals surface area contributed by atoms with Crippen LogP contribution in [-0.2, 0) is 9.72 Å². The first-order valence-electron chi connectivity index (χ1n) is 13.9. The summed E-state index contributed by atoms with van der Waals surface area (Å²) in [5, 5.41) is 8.41. The summed E-state index contributed by atoms with van der Waals surface area (Å²) in [6.07, 6.45) is 20.9. The van der Waals surface area contributed by atoms with Crippen molar-refractivity contribution in [3.63, 3.8) is 0 Å². The molecule has 1 aromatic rings. The van der Waals surface area contributed by atoms with Gasteiger partial charge in [-0.3, -0.25) is 4.57 Å². The van der Waals surface area contributed by atoms with Crippen LogP contribution in [0.2, 0.25) is 0 Å². The molecule has 1 unspecified atom stereocenters. The highest BCUT2D eigenvalue weighted by molar-refractivity contribution is 7.53. The number of aromatic hydroxyl groups is 1. The van der Waals surface area contributed by atoms with Gasteiger partial charge in [-0.1, -0.05) is 143 Å². The Morgan fingerprint density at radius 1 is 0.647 bits per heavy atom. The predicted molar refractivity (Wildman–Crippen MR) is 145 cm³/mol. The molecular weight excluding hydrogens is 443 g/mol. The van der Waals surface area contributed by atoms with E-state index in [4.69, 9.17) is 0 Å². The van der Waals surface area contributed by atoms with Crippen molar-refractivity contribution in [2.24, 2.45) is 5.41 Å². The average Bonchev–Trinajstić information content (AvgIpc) is 2.75. The summed E-state index contributed by atoms with van der Waals surface area (Å²) in [6.45, 7) is 7.99. The molecule has 5 heteroatoms. The Morgan fingerprint density at radius 3 is 1.32 bits per heavy atom. The Labute approximate surface area is 210 Å². The topological polar surface area (TPSA) is 77.8 Å². The smallest absolute Gasteiger partial charge is 0.336 e. The zero-order valence-corrected chi connectivity index (χ0v) is 23.4. The monoisotopic (exact) mass is 496 g/mol. The van der Waals surface area contributed by atoms with E-state index >= 15 is 0 Å². The summed E-state index contributed by atoms with van der Waals surface area (Å²) in [7, 11) is -4.44. The van der Waals surface area contributed by atoms with Gasteiger partial charge in [0.05, 0.1) is 0 Å². The number of unbranched alkanes of at least 4 members (excludes halogenated alkanes) is 15. The zero-order chi connectivity index (χ0) is 25.5. The molecule has 0 aliphatic carbocycles. The minimum atomic E-state index is -4.44. The molecule has 0 spiro atoms. The fourth-order valence-corrected chi connectivity index (χ4v) is 7.18. The van der Waals surface area contributed by atoms with E-state index in [2.05, 4.69) is 6.92 Å². The highest BCUT2D eigenvalue weighted by Crippen LogP contribution is 2.67. The molecule has 0 aliphatic rings. The first-order valence-corrected chi connectivity index (χ1v) is 15.5. The molecule has 1 rings (SSSR count). The molecule has 0 saturated heterocycles. The molecule has 0 heterocycles. The van der Waals surface area contributed by atoms with Crippen molar-refractivity contribution < 1.29 is 19.5 Å². The maximum Gasteiger partial charge on any atom is 0.336 e. The van der Waals surface area contributed by atoms with Crippen LogP contribution in [0.25, 0.3) is 0 Å². The molecule has 34 heavy (non-hydrogen) atoms. The molecule has 0 bridgehead atoms. The van der Waals surface area contributed by atoms with E-state index < -0.39 is 18.2 Å². The van der Waals surface area contributed by atoms with Crippen LogP contribution in [0.1, 0.15) is 142 Å². The van der Waals surface area contributed by atoms with Crippen molar-refractivity contribution in [2.75, 3.05) is 0 Å². The van der Waals surface area contributed by atoms with E-state index in [1.807, 2.05) is 20.8 Å². The molecule has 0 amide bonds. The van der Waals surface area contributed by atoms with Gasteiger partial charge in [0.2, 0.25) is 0 Å². The normalized spacial score (nSPS) is 14.3. The number of hydrogen-bond donors (Lipinski definition) is 3. The van der Waals surface area contributed by atoms with E-state index in [1.165, 1.54) is 95.6 Å². The summed E-state index contributed by atoms with van der Waals surface area (Å²) < 4.78 is 12.8. The molecule has 0 radical (unpaired) electrons. The van der Waals surface area contributed by atoms with Crippen LogP contribution in [0.5, 0.6) is 5.75 Å². The lowest BCUT2D eigenvalue weighted by Crippen LogP contribution is -2.40. The number of phenols is 1. The van der Waals surface area contributed by atoms with Crippen molar-refractivity contribution in [2.45, 2.75) is 142 Å². The maximum absolute atomic E-state index is 12.8. The number of benzene rings is 1. The third kappa shape index (κ3) is 10.4. The van der Waals surface area contributed by atoms with Crippen molar-refractivity contribution in [3.8, 4) is 5.75 Å². The Morgan fingerprint density at radius 2 is 1.00 bits per heavy atom. The first-order chi connectivity index (χ1) is 16.1. The van der Waals surface area contributed by atoms with E-state index in [0.717, 1.165) is 19.3 Å². The van der Waals surface area contributed by atoms with Crippen LogP contribution in [-0.4, -0.2) is 14.9 Å². The summed E-state index contributed by atoms with van der Waals surface area (Å²) in [5.74, 6) is 0.111. The van der Waals surface area contributed by atoms with Gasteiger partial charge in [0.1, 0.15) is 10.9 Å². The van der Waals surface area contributed by atoms with E-state index in [-0.39, 0.29) is 5.75 Å². The van der Waals surface area contributed by atoms with Gasteiger partial charge in [-0.25, -0.2) is 0 Å². The lowest BCUT2D eigenvalue weighted by Gasteiger charge is -2.45. The minimum Gasteiger partial charge on any atom is -0.508 e. The second kappa shape index (κ2) is 16.0. The number of phenolic OH excluding ortho intramolecular Hbond substituents is 1. The number of rotatable bonds is 19. The Bertz CT molecular complexity index is 689. The lowest BCUT2D eigenvalue weighted by atomic mass is 9.72. The van der Waals surface area contributed by atoms with Gasteiger partial charge in [-0.2, -0.15) is 0 Å². The molecule has 1 aromatic carbocycles. The Balaban J connectivity index is 2.31. The van der Waals surface area contributed by atoms with Crippen LogP contribution in [0.3, 0.4) is 0 Å². The van der Waals surface area contributed by atoms with Crippen LogP contribution in [0.4, 0.5) is 0 Å². The Kier molecular flexibility index (Phi) is 14.7. The van der Waals surface area contributed by atoms with Crippen molar-refractivity contribution >= 4 is 7.60 Å². The fraction of sp³-hybridized carbons (Fsp3) is 0.793. The van der Waals surface area contributed by atoms with Gasteiger partial charge in [-0.15, -0.1) is 0 Å². The van der Waals surface area contributed by atoms with E-state index in [9.17, 15) is 19.5 Å². The average molecular weight is 497 g/mol. The zero-order valence-electron chi connectivity index (χ0n) is 22.5. The van der Waals surface area contributed by atoms with E-state index in [1.54, 1.807) is 12.1 Å². The third-order valence-electron chi connectivity index (χ3n) is 7.47. The SMILES string of the molecule is CCCCCCCCCCCCCCCCCCC(c1ccc(O)cc1)(C(C)(C)C)P(=O)(O)O. The molecule has 0 aromatic heterocycles. The van der Waals surface area contributed by atoms with Crippen molar-refractivity contribution in [1.82, 2.24) is 0 Å². The van der Waals surface area contributed by atoms with E-state index in [0.29, 0.717) is 12.0 Å². The third-order valence-corrected chi connectivity index (χ3v) is 9.62. The molecule has 0 aliphatic heterocycles. The van der Waals surface area contributed by atoms with Crippen molar-refractivity contribution in [1.29, 1.82) is 0 Å². The van der Waals surface area contributed by atoms with Crippen LogP contribution in [0, 0.1) is 5.41 Å². The van der Waals surface area contributed by atoms with Gasteiger partial charge in [0.25, 0.3) is 0 Å². The molecule has 1 atom stereocenters. The fourth-order valence-electron chi connectivity index (χ4n) is 5.37. The predicted octanol–water partition coefficient (Wildman–Crippen LogP) is 9.46. The maximum atomic E-state index is 12.8. The largest absolute Gasteiger partial charge is 0.508 e. The minimum absolute atomic E-state index is 0.111. The van der Waals surface area contributed by atoms with Gasteiger partial charge < -0.3 is 14.9 Å². The molecule has 198 valence electrons. The molecule has 0 saturated carbocycles. The molecule has 0 fully saturated rings. The van der Waals surface area contributed by atoms with Gasteiger partial charge in [0, 0.05) is 0 Å². The summed E-state index contributed by atoms with van der Waals surface area (Å²) in [5.41, 5.74) is 0.00509. The number of hydrogen-bond acceptors (Lipinski definition) is 2. The van der Waals surface area contributed by atoms with Crippen LogP contribution < -0.4 is 0 Å². The molecular formula is C29H53O4P. The lowest BCUT2D eigenvalue weighted by molar-refractivity contribution is 0.195. The molecule has 3 N–H and O–H groups in total. The summed E-state index contributed by atoms with van der Waals surface area (Å²) >= 11 is 0. The van der Waals surface area contributed by atoms with Gasteiger partial charge in [0.15, 0.2) is 0 Å². The highest BCUT2D eigenvalue weighted by atomic mass is 31.2. The quantitative estimate of drug-likeness (QED) is 0.132. The summed E-state index contributed by atoms with van der Waals surface area (Å²) in [6, 6.07) is 6.40. The standard InChI is InChI=1S/C29H53O4P/c1-5-6-7-8-9-10-11-12-13-14-15-16-17-18-19-20-25-29(28(2,3)4,34(31,32)33)26-21-23-27(30)24-22-26/h21-24,30H,5-20,25H2,1-4H3,(H2,31,32,33). The first kappa shape index (κ1) is 31.2. The highest BCUT2D eigenvalue weighted by Gasteiger charge is 2.55. The Hall–Kier alpha value is -0.830. The van der Waals surface area contributed by atoms with Gasteiger partial charge in [-0.05, 0) is 29.5 Å². The second-order valence-electron chi connectivity index (χ2n) is 11.3. The van der Waals surface area contributed by atoms with Crippen LogP contribution in [0.15, 0.2) is 24.3 Å². The van der Waals surface area contributed by atoms with Gasteiger partial charge >= 0.3 is 7.60 Å².